The van der Waals surface area contributed by atoms with Gasteiger partial charge in [-0.2, -0.15) is 0 Å². The maximum Gasteiger partial charge on any atom is 0.161 e. The van der Waals surface area contributed by atoms with Crippen LogP contribution >= 0.6 is 34.0 Å². The third-order valence-corrected chi connectivity index (χ3v) is 29.9. The number of aromatic nitrogens is 9. The van der Waals surface area contributed by atoms with Crippen LogP contribution in [0.15, 0.2) is 479 Å². The molecular weight excluding hydrogens is 1740 g/mol. The lowest BCUT2D eigenvalue weighted by Gasteiger charge is -2.12. The van der Waals surface area contributed by atoms with Gasteiger partial charge in [-0.1, -0.05) is 334 Å². The van der Waals surface area contributed by atoms with Crippen molar-refractivity contribution in [3.05, 3.63) is 479 Å². The maximum atomic E-state index is 5.34. The first-order valence-corrected chi connectivity index (χ1v) is 48.8. The number of hydrogen-bond donors (Lipinski definition) is 0. The van der Waals surface area contributed by atoms with Crippen molar-refractivity contribution in [2.45, 2.75) is 0 Å². The van der Waals surface area contributed by atoms with Crippen LogP contribution in [0, 0.1) is 0 Å². The largest absolute Gasteiger partial charge is 0.309 e. The van der Waals surface area contributed by atoms with Gasteiger partial charge in [-0.15, -0.1) is 34.0 Å². The third kappa shape index (κ3) is 14.6. The lowest BCUT2D eigenvalue weighted by molar-refractivity contribution is 1.17. The SMILES string of the molecule is c1ccc(-c2cc(-c3ccc4c(c3)sc3ccccc34)nc(-c3ccc4c5ccccc5n(-c5ccccc5)c4c3)n2)cc1.c1ccc(-c2cc(-c3ccc4sc5ccccc5c4c3)nc(-c3cccc4c3c3ccccc3n4-c3ccccc3)n2)cc1.c1ccc(-c2ccc(-c3cc(-c4cccc5sc6ccccc6c45)nc(-c4ccc5c(c4)c4ccccc4n5-c4ccccc4)n3)cc2)cc1. The third-order valence-electron chi connectivity index (χ3n) is 26.5. The zero-order chi connectivity index (χ0) is 91.1. The Morgan fingerprint density at radius 3 is 1.08 bits per heavy atom. The second-order valence-corrected chi connectivity index (χ2v) is 37.9. The maximum absolute atomic E-state index is 5.34. The molecule has 19 aromatic carbocycles. The van der Waals surface area contributed by atoms with Crippen LogP contribution in [0.1, 0.15) is 0 Å². The second-order valence-electron chi connectivity index (χ2n) is 34.7. The predicted molar refractivity (Wildman–Crippen MR) is 582 cm³/mol. The van der Waals surface area contributed by atoms with Gasteiger partial charge >= 0.3 is 0 Å². The van der Waals surface area contributed by atoms with Gasteiger partial charge in [0.15, 0.2) is 17.5 Å². The number of rotatable bonds is 13. The molecule has 646 valence electrons. The molecule has 0 atom stereocenters. The van der Waals surface area contributed by atoms with E-state index in [1.807, 2.05) is 46.1 Å². The number of para-hydroxylation sites is 6. The van der Waals surface area contributed by atoms with Crippen LogP contribution in [0.4, 0.5) is 0 Å². The normalized spacial score (nSPS) is 11.6. The quantitative estimate of drug-likeness (QED) is 0.114. The van der Waals surface area contributed by atoms with E-state index in [-0.39, 0.29) is 0 Å². The summed E-state index contributed by atoms with van der Waals surface area (Å²) < 4.78 is 14.7. The van der Waals surface area contributed by atoms with Gasteiger partial charge in [0, 0.05) is 160 Å². The molecule has 28 rings (SSSR count). The number of thiophene rings is 3. The van der Waals surface area contributed by atoms with Crippen LogP contribution in [0.3, 0.4) is 0 Å². The molecule has 0 saturated carbocycles. The molecule has 28 aromatic rings. The van der Waals surface area contributed by atoms with Crippen molar-refractivity contribution in [1.82, 2.24) is 43.6 Å². The Kier molecular flexibility index (Phi) is 20.3. The molecule has 0 aliphatic carbocycles. The topological polar surface area (TPSA) is 92.1 Å². The summed E-state index contributed by atoms with van der Waals surface area (Å²) in [5.41, 5.74) is 27.7. The van der Waals surface area contributed by atoms with E-state index in [1.54, 1.807) is 0 Å². The molecule has 9 aromatic heterocycles. The highest BCUT2D eigenvalue weighted by Gasteiger charge is 2.25. The fourth-order valence-electron chi connectivity index (χ4n) is 20.0. The van der Waals surface area contributed by atoms with Gasteiger partial charge in [0.05, 0.1) is 67.3 Å². The van der Waals surface area contributed by atoms with E-state index in [2.05, 4.69) is 481 Å². The summed E-state index contributed by atoms with van der Waals surface area (Å²) in [4.78, 5) is 31.5. The number of benzene rings is 19. The summed E-state index contributed by atoms with van der Waals surface area (Å²) in [7, 11) is 0. The summed E-state index contributed by atoms with van der Waals surface area (Å²) in [6.45, 7) is 0. The summed E-state index contributed by atoms with van der Waals surface area (Å²) in [5, 5.41) is 14.8. The molecule has 0 N–H and O–H groups in total. The van der Waals surface area contributed by atoms with Gasteiger partial charge in [-0.25, -0.2) is 29.9 Å². The summed E-state index contributed by atoms with van der Waals surface area (Å²) in [5.74, 6) is 2.14. The van der Waals surface area contributed by atoms with Gasteiger partial charge in [0.2, 0.25) is 0 Å². The van der Waals surface area contributed by atoms with Crippen LogP contribution in [0.2, 0.25) is 0 Å². The molecule has 0 saturated heterocycles. The minimum atomic E-state index is 0.708. The van der Waals surface area contributed by atoms with Crippen molar-refractivity contribution in [3.63, 3.8) is 0 Å². The Labute approximate surface area is 806 Å². The highest BCUT2D eigenvalue weighted by molar-refractivity contribution is 7.26. The number of fused-ring (bicyclic) bond motifs is 18. The van der Waals surface area contributed by atoms with E-state index < -0.39 is 0 Å². The van der Waals surface area contributed by atoms with E-state index >= 15 is 0 Å². The molecule has 0 amide bonds. The van der Waals surface area contributed by atoms with Crippen molar-refractivity contribution in [1.29, 1.82) is 0 Å². The first-order chi connectivity index (χ1) is 68.4. The van der Waals surface area contributed by atoms with E-state index in [0.29, 0.717) is 11.6 Å². The minimum absolute atomic E-state index is 0.708. The van der Waals surface area contributed by atoms with Gasteiger partial charge in [0.1, 0.15) is 0 Å². The van der Waals surface area contributed by atoms with Gasteiger partial charge in [0.25, 0.3) is 0 Å². The second kappa shape index (κ2) is 34.5. The van der Waals surface area contributed by atoms with Crippen LogP contribution in [0.25, 0.3) is 256 Å². The molecule has 0 unspecified atom stereocenters. The molecule has 0 aliphatic heterocycles. The van der Waals surface area contributed by atoms with Crippen molar-refractivity contribution in [3.8, 4) is 130 Å². The molecule has 9 heterocycles. The van der Waals surface area contributed by atoms with Gasteiger partial charge in [-0.3, -0.25) is 0 Å². The van der Waals surface area contributed by atoms with E-state index in [4.69, 9.17) is 29.9 Å². The monoisotopic (exact) mass is 1810 g/mol. The fraction of sp³-hybridized carbons (Fsp3) is 0. The van der Waals surface area contributed by atoms with Crippen molar-refractivity contribution >= 4 is 160 Å². The fourth-order valence-corrected chi connectivity index (χ4v) is 23.4. The average molecular weight is 1820 g/mol. The number of nitrogens with zero attached hydrogens (tertiary/aromatic N) is 9. The smallest absolute Gasteiger partial charge is 0.161 e. The highest BCUT2D eigenvalue weighted by Crippen LogP contribution is 2.47. The highest BCUT2D eigenvalue weighted by atomic mass is 32.1. The lowest BCUT2D eigenvalue weighted by Crippen LogP contribution is -1.97. The Balaban J connectivity index is 0.000000107. The lowest BCUT2D eigenvalue weighted by atomic mass is 10.00. The Hall–Kier alpha value is -17.5. The molecule has 138 heavy (non-hydrogen) atoms. The van der Waals surface area contributed by atoms with Crippen LogP contribution in [0.5, 0.6) is 0 Å². The standard InChI is InChI=1S/C46H29N3S.2C40H25N3S/c1-3-12-30(13-4-1)31-22-24-32(25-23-31)39-29-40(36-18-11-21-44-45(36)37-17-8-10-20-43(37)50-44)48-46(47-39)33-26-27-42-38(28-33)35-16-7-9-19-41(35)49(42)34-14-5-2-6-15-34;1-3-12-26(13-4-1)33-25-34(27-22-23-38-32(24-27)29-16-8-10-21-37(29)44-38)42-40(41-33)31-18-11-20-36-39(31)30-17-7-9-19-35(30)43(36)28-14-5-2-6-15-28;1-3-11-26(12-4-1)34-25-35(27-19-22-33-32-16-8-10-18-38(32)44-39(33)24-27)42-40(41-34)28-20-21-31-30-15-7-9-17-36(30)43(37(31)23-28)29-13-5-2-6-14-29/h1-29H;2*1-25H. The summed E-state index contributed by atoms with van der Waals surface area (Å²) >= 11 is 5.49. The molecule has 0 radical (unpaired) electrons. The zero-order valence-electron chi connectivity index (χ0n) is 74.4. The Morgan fingerprint density at radius 1 is 0.145 bits per heavy atom. The van der Waals surface area contributed by atoms with E-state index in [1.165, 1.54) is 110 Å². The van der Waals surface area contributed by atoms with Crippen molar-refractivity contribution in [2.24, 2.45) is 0 Å². The minimum Gasteiger partial charge on any atom is -0.309 e. The molecule has 12 heteroatoms. The average Bonchev–Trinajstić information content (AvgIpc) is 1.57. The molecular formula is C126H79N9S3. The van der Waals surface area contributed by atoms with Crippen LogP contribution in [-0.4, -0.2) is 43.6 Å². The van der Waals surface area contributed by atoms with E-state index in [9.17, 15) is 0 Å². The van der Waals surface area contributed by atoms with Crippen LogP contribution in [-0.2, 0) is 0 Å². The van der Waals surface area contributed by atoms with Crippen molar-refractivity contribution < 1.29 is 0 Å². The Morgan fingerprint density at radius 2 is 0.471 bits per heavy atom. The molecule has 0 spiro atoms. The zero-order valence-corrected chi connectivity index (χ0v) is 76.8. The number of hydrogen-bond acceptors (Lipinski definition) is 9. The summed E-state index contributed by atoms with van der Waals surface area (Å²) in [6, 6.07) is 170. The first-order valence-electron chi connectivity index (χ1n) is 46.3. The Bertz CT molecular complexity index is 9580. The van der Waals surface area contributed by atoms with Gasteiger partial charge < -0.3 is 13.7 Å². The first kappa shape index (κ1) is 81.3. The van der Waals surface area contributed by atoms with E-state index in [0.717, 1.165) is 135 Å². The van der Waals surface area contributed by atoms with Crippen molar-refractivity contribution in [2.75, 3.05) is 0 Å². The predicted octanol–water partition coefficient (Wildman–Crippen LogP) is 34.5. The molecule has 0 aliphatic rings. The summed E-state index contributed by atoms with van der Waals surface area (Å²) in [6.07, 6.45) is 0. The molecule has 9 nitrogen and oxygen atoms in total. The molecule has 0 fully saturated rings. The van der Waals surface area contributed by atoms with Gasteiger partial charge in [-0.05, 0) is 157 Å². The molecule has 0 bridgehead atoms. The van der Waals surface area contributed by atoms with Crippen LogP contribution < -0.4 is 0 Å².